The molecule has 2 aromatic rings. The topological polar surface area (TPSA) is 71.6 Å². The molecule has 0 saturated carbocycles. The van der Waals surface area contributed by atoms with E-state index in [0.29, 0.717) is 30.6 Å². The van der Waals surface area contributed by atoms with Crippen LogP contribution in [0.25, 0.3) is 6.08 Å². The van der Waals surface area contributed by atoms with Crippen molar-refractivity contribution in [2.24, 2.45) is 4.99 Å². The molecule has 1 aliphatic heterocycles. The molecular weight excluding hydrogens is 336 g/mol. The molecule has 1 aliphatic rings. The molecule has 0 aliphatic carbocycles. The highest BCUT2D eigenvalue weighted by atomic mass is 35.5. The number of hydrogen-bond acceptors (Lipinski definition) is 6. The van der Waals surface area contributed by atoms with E-state index in [2.05, 4.69) is 9.98 Å². The fourth-order valence-corrected chi connectivity index (χ4v) is 3.04. The summed E-state index contributed by atoms with van der Waals surface area (Å²) in [6.07, 6.45) is 3.24. The highest BCUT2D eigenvalue weighted by Crippen LogP contribution is 2.19. The van der Waals surface area contributed by atoms with Crippen LogP contribution in [0, 0.1) is 10.1 Å². The molecule has 0 fully saturated rings. The molecule has 0 unspecified atom stereocenters. The molecule has 0 N–H and O–H groups in total. The highest BCUT2D eigenvalue weighted by molar-refractivity contribution is 7.08. The summed E-state index contributed by atoms with van der Waals surface area (Å²) in [5.74, 6) is 0.413. The number of thiophene rings is 1. The van der Waals surface area contributed by atoms with Gasteiger partial charge in [-0.1, -0.05) is 17.7 Å². The van der Waals surface area contributed by atoms with Crippen molar-refractivity contribution in [3.05, 3.63) is 67.2 Å². The van der Waals surface area contributed by atoms with Gasteiger partial charge in [-0.15, -0.1) is 0 Å². The van der Waals surface area contributed by atoms with Crippen molar-refractivity contribution in [1.29, 1.82) is 0 Å². The molecule has 0 atom stereocenters. The van der Waals surface area contributed by atoms with Crippen molar-refractivity contribution in [3.8, 4) is 0 Å². The maximum Gasteiger partial charge on any atom is 0.311 e. The SMILES string of the molecule is O=[N+]([O-])/C(=C\c1ccsc1)C1=NCCN1Cc1ccc(Cl)nc1. The maximum atomic E-state index is 11.5. The Labute approximate surface area is 141 Å². The third-order valence-corrected chi connectivity index (χ3v) is 4.29. The third kappa shape index (κ3) is 3.75. The van der Waals surface area contributed by atoms with E-state index in [9.17, 15) is 10.1 Å². The van der Waals surface area contributed by atoms with Crippen molar-refractivity contribution in [3.63, 3.8) is 0 Å². The van der Waals surface area contributed by atoms with Crippen LogP contribution in [0.15, 0.2) is 45.8 Å². The predicted molar refractivity (Wildman–Crippen MR) is 91.2 cm³/mol. The largest absolute Gasteiger partial charge is 0.345 e. The quantitative estimate of drug-likeness (QED) is 0.472. The van der Waals surface area contributed by atoms with Crippen LogP contribution >= 0.6 is 22.9 Å². The third-order valence-electron chi connectivity index (χ3n) is 3.37. The number of halogens is 1. The molecule has 0 aromatic carbocycles. The molecule has 3 heterocycles. The molecule has 6 nitrogen and oxygen atoms in total. The zero-order valence-corrected chi connectivity index (χ0v) is 13.6. The van der Waals surface area contributed by atoms with Crippen LogP contribution in [0.4, 0.5) is 0 Å². The molecule has 0 bridgehead atoms. The minimum absolute atomic E-state index is 0.0165. The predicted octanol–water partition coefficient (Wildman–Crippen LogP) is 3.33. The number of hydrogen-bond donors (Lipinski definition) is 0. The van der Waals surface area contributed by atoms with Gasteiger partial charge in [0.15, 0.2) is 0 Å². The van der Waals surface area contributed by atoms with Gasteiger partial charge in [-0.3, -0.25) is 15.1 Å². The lowest BCUT2D eigenvalue weighted by Crippen LogP contribution is -2.30. The molecule has 8 heteroatoms. The van der Waals surface area contributed by atoms with Crippen LogP contribution in [0.5, 0.6) is 0 Å². The van der Waals surface area contributed by atoms with E-state index in [4.69, 9.17) is 11.6 Å². The Morgan fingerprint density at radius 2 is 2.35 bits per heavy atom. The molecular formula is C15H13ClN4O2S. The van der Waals surface area contributed by atoms with Crippen LogP contribution in [0.2, 0.25) is 5.15 Å². The lowest BCUT2D eigenvalue weighted by atomic mass is 10.2. The van der Waals surface area contributed by atoms with Gasteiger partial charge in [-0.05, 0) is 34.0 Å². The zero-order chi connectivity index (χ0) is 16.2. The van der Waals surface area contributed by atoms with Gasteiger partial charge in [-0.25, -0.2) is 4.98 Å². The van der Waals surface area contributed by atoms with E-state index in [-0.39, 0.29) is 10.6 Å². The summed E-state index contributed by atoms with van der Waals surface area (Å²) in [4.78, 5) is 21.3. The van der Waals surface area contributed by atoms with E-state index in [1.54, 1.807) is 18.3 Å². The van der Waals surface area contributed by atoms with Gasteiger partial charge >= 0.3 is 5.70 Å². The molecule has 0 saturated heterocycles. The first-order valence-corrected chi connectivity index (χ1v) is 8.24. The second kappa shape index (κ2) is 6.89. The maximum absolute atomic E-state index is 11.5. The van der Waals surface area contributed by atoms with Gasteiger partial charge in [0.1, 0.15) is 5.15 Å². The number of amidine groups is 1. The average Bonchev–Trinajstić information content (AvgIpc) is 3.18. The van der Waals surface area contributed by atoms with Gasteiger partial charge in [0.05, 0.1) is 11.5 Å². The first kappa shape index (κ1) is 15.6. The van der Waals surface area contributed by atoms with Crippen molar-refractivity contribution in [2.75, 3.05) is 13.1 Å². The molecule has 0 spiro atoms. The lowest BCUT2D eigenvalue weighted by molar-refractivity contribution is -0.414. The molecule has 0 amide bonds. The Hall–Kier alpha value is -2.25. The number of rotatable bonds is 5. The summed E-state index contributed by atoms with van der Waals surface area (Å²) in [6.45, 7) is 1.70. The van der Waals surface area contributed by atoms with Gasteiger partial charge < -0.3 is 4.90 Å². The Morgan fingerprint density at radius 3 is 3.00 bits per heavy atom. The second-order valence-electron chi connectivity index (χ2n) is 4.96. The standard InChI is InChI=1S/C15H13ClN4O2S/c16-14-2-1-12(8-18-14)9-19-5-4-17-15(19)13(20(21)22)7-11-3-6-23-10-11/h1-3,6-8,10H,4-5,9H2/b13-7-. The van der Waals surface area contributed by atoms with Crippen LogP contribution < -0.4 is 0 Å². The van der Waals surface area contributed by atoms with Crippen LogP contribution in [0.1, 0.15) is 11.1 Å². The number of aromatic nitrogens is 1. The highest BCUT2D eigenvalue weighted by Gasteiger charge is 2.28. The Bertz CT molecular complexity index is 756. The van der Waals surface area contributed by atoms with Crippen LogP contribution in [-0.2, 0) is 6.54 Å². The van der Waals surface area contributed by atoms with E-state index >= 15 is 0 Å². The minimum atomic E-state index is -0.380. The Morgan fingerprint density at radius 1 is 1.48 bits per heavy atom. The molecule has 2 aromatic heterocycles. The van der Waals surface area contributed by atoms with Gasteiger partial charge in [0.2, 0.25) is 5.84 Å². The fourth-order valence-electron chi connectivity index (χ4n) is 2.31. The smallest absolute Gasteiger partial charge is 0.311 e. The first-order valence-electron chi connectivity index (χ1n) is 6.92. The summed E-state index contributed by atoms with van der Waals surface area (Å²) in [5.41, 5.74) is 1.76. The summed E-state index contributed by atoms with van der Waals surface area (Å²) in [5, 5.41) is 15.6. The van der Waals surface area contributed by atoms with Crippen LogP contribution in [-0.4, -0.2) is 33.7 Å². The summed E-state index contributed by atoms with van der Waals surface area (Å²) in [6, 6.07) is 5.41. The monoisotopic (exact) mass is 348 g/mol. The minimum Gasteiger partial charge on any atom is -0.345 e. The normalized spacial score (nSPS) is 14.9. The number of aliphatic imine (C=N–C) groups is 1. The van der Waals surface area contributed by atoms with Gasteiger partial charge in [-0.2, -0.15) is 11.3 Å². The van der Waals surface area contributed by atoms with Crippen molar-refractivity contribution < 1.29 is 4.92 Å². The van der Waals surface area contributed by atoms with Crippen LogP contribution in [0.3, 0.4) is 0 Å². The van der Waals surface area contributed by atoms with E-state index in [1.165, 1.54) is 11.3 Å². The van der Waals surface area contributed by atoms with Crippen molar-refractivity contribution >= 4 is 34.8 Å². The fraction of sp³-hybridized carbons (Fsp3) is 0.200. The number of pyridine rings is 1. The second-order valence-corrected chi connectivity index (χ2v) is 6.13. The zero-order valence-electron chi connectivity index (χ0n) is 12.1. The number of nitro groups is 1. The molecule has 23 heavy (non-hydrogen) atoms. The van der Waals surface area contributed by atoms with E-state index in [0.717, 1.165) is 11.1 Å². The van der Waals surface area contributed by atoms with E-state index in [1.807, 2.05) is 27.8 Å². The molecule has 0 radical (unpaired) electrons. The molecule has 118 valence electrons. The lowest BCUT2D eigenvalue weighted by Gasteiger charge is -2.18. The van der Waals surface area contributed by atoms with Crippen molar-refractivity contribution in [2.45, 2.75) is 6.54 Å². The van der Waals surface area contributed by atoms with Crippen molar-refractivity contribution in [1.82, 2.24) is 9.88 Å². The Balaban J connectivity index is 1.84. The number of nitrogens with zero attached hydrogens (tertiary/aromatic N) is 4. The Kier molecular flexibility index (Phi) is 4.68. The van der Waals surface area contributed by atoms with E-state index < -0.39 is 0 Å². The first-order chi connectivity index (χ1) is 11.1. The summed E-state index contributed by atoms with van der Waals surface area (Å²) >= 11 is 7.28. The van der Waals surface area contributed by atoms with Gasteiger partial charge in [0.25, 0.3) is 0 Å². The average molecular weight is 349 g/mol. The van der Waals surface area contributed by atoms with Gasteiger partial charge in [0, 0.05) is 25.4 Å². The summed E-state index contributed by atoms with van der Waals surface area (Å²) < 4.78 is 0. The summed E-state index contributed by atoms with van der Waals surface area (Å²) in [7, 11) is 0. The molecule has 3 rings (SSSR count).